The van der Waals surface area contributed by atoms with Crippen molar-refractivity contribution in [1.82, 2.24) is 0 Å². The molecule has 0 saturated carbocycles. The summed E-state index contributed by atoms with van der Waals surface area (Å²) >= 11 is 0. The smallest absolute Gasteiger partial charge is 0.0991 e. The predicted molar refractivity (Wildman–Crippen MR) is 237 cm³/mol. The highest BCUT2D eigenvalue weighted by Gasteiger charge is 2.36. The van der Waals surface area contributed by atoms with Gasteiger partial charge in [0.1, 0.15) is 0 Å². The van der Waals surface area contributed by atoms with Crippen molar-refractivity contribution in [3.8, 4) is 23.3 Å². The van der Waals surface area contributed by atoms with Crippen LogP contribution in [0.4, 0.5) is 34.1 Å². The van der Waals surface area contributed by atoms with Gasteiger partial charge in [-0.3, -0.25) is 0 Å². The van der Waals surface area contributed by atoms with Crippen molar-refractivity contribution in [2.45, 2.75) is 46.5 Å². The lowest BCUT2D eigenvalue weighted by Gasteiger charge is -2.28. The summed E-state index contributed by atoms with van der Waals surface area (Å²) < 4.78 is 0. The SMILES string of the molecule is CCc1ccc(N(c2ccc(C#N)cc2)c2ccc(/C=C/c3ccc4c(c3)C(C)(C)c3cc(N(c5ccc(C#N)cc5)c5cc(C)cc(C)c5)ccc3-4)cc2)cc1. The number of fused-ring (bicyclic) bond motifs is 3. The number of rotatable bonds is 9. The van der Waals surface area contributed by atoms with Crippen LogP contribution in [0, 0.1) is 36.5 Å². The largest absolute Gasteiger partial charge is 0.311 e. The van der Waals surface area contributed by atoms with Gasteiger partial charge < -0.3 is 9.80 Å². The first-order valence-electron chi connectivity index (χ1n) is 19.5. The Hall–Kier alpha value is -7.14. The highest BCUT2D eigenvalue weighted by Crippen LogP contribution is 2.51. The summed E-state index contributed by atoms with van der Waals surface area (Å²) in [6, 6.07) is 57.7. The Morgan fingerprint density at radius 2 is 0.895 bits per heavy atom. The second kappa shape index (κ2) is 15.2. The fourth-order valence-electron chi connectivity index (χ4n) is 8.14. The molecule has 7 aromatic rings. The fourth-order valence-corrected chi connectivity index (χ4v) is 8.14. The first-order chi connectivity index (χ1) is 27.6. The van der Waals surface area contributed by atoms with Crippen molar-refractivity contribution in [3.05, 3.63) is 202 Å². The van der Waals surface area contributed by atoms with Crippen LogP contribution in [0.15, 0.2) is 152 Å². The third kappa shape index (κ3) is 7.22. The molecule has 0 bridgehead atoms. The topological polar surface area (TPSA) is 54.1 Å². The van der Waals surface area contributed by atoms with E-state index < -0.39 is 0 Å². The van der Waals surface area contributed by atoms with Gasteiger partial charge in [-0.15, -0.1) is 0 Å². The van der Waals surface area contributed by atoms with Gasteiger partial charge in [0, 0.05) is 39.5 Å². The fraction of sp³-hybridized carbons (Fsp3) is 0.132. The maximum absolute atomic E-state index is 9.48. The monoisotopic (exact) mass is 736 g/mol. The van der Waals surface area contributed by atoms with Gasteiger partial charge in [0.2, 0.25) is 0 Å². The minimum Gasteiger partial charge on any atom is -0.311 e. The first-order valence-corrected chi connectivity index (χ1v) is 19.5. The van der Waals surface area contributed by atoms with E-state index >= 15 is 0 Å². The summed E-state index contributed by atoms with van der Waals surface area (Å²) in [5.74, 6) is 0. The third-order valence-electron chi connectivity index (χ3n) is 11.1. The molecule has 0 aromatic heterocycles. The quantitative estimate of drug-likeness (QED) is 0.138. The molecule has 7 aromatic carbocycles. The van der Waals surface area contributed by atoms with Crippen LogP contribution in [0.5, 0.6) is 0 Å². The van der Waals surface area contributed by atoms with Gasteiger partial charge in [0.05, 0.1) is 23.3 Å². The molecule has 0 radical (unpaired) electrons. The second-order valence-corrected chi connectivity index (χ2v) is 15.4. The summed E-state index contributed by atoms with van der Waals surface area (Å²) in [6.45, 7) is 11.1. The Bertz CT molecular complexity index is 2690. The molecular formula is C53H44N4. The van der Waals surface area contributed by atoms with Crippen LogP contribution in [0.1, 0.15) is 70.8 Å². The Balaban J connectivity index is 1.08. The van der Waals surface area contributed by atoms with E-state index in [-0.39, 0.29) is 5.41 Å². The molecule has 0 amide bonds. The highest BCUT2D eigenvalue weighted by molar-refractivity contribution is 5.87. The highest BCUT2D eigenvalue weighted by atomic mass is 15.1. The number of nitrogens with zero attached hydrogens (tertiary/aromatic N) is 4. The number of hydrogen-bond acceptors (Lipinski definition) is 4. The predicted octanol–water partition coefficient (Wildman–Crippen LogP) is 14.0. The minimum atomic E-state index is -0.213. The Kier molecular flexibility index (Phi) is 9.81. The van der Waals surface area contributed by atoms with Gasteiger partial charge in [-0.1, -0.05) is 87.5 Å². The van der Waals surface area contributed by atoms with Gasteiger partial charge in [-0.05, 0) is 167 Å². The minimum absolute atomic E-state index is 0.213. The van der Waals surface area contributed by atoms with Crippen LogP contribution >= 0.6 is 0 Å². The van der Waals surface area contributed by atoms with E-state index in [1.165, 1.54) is 38.9 Å². The molecule has 0 unspecified atom stereocenters. The van der Waals surface area contributed by atoms with Gasteiger partial charge in [0.25, 0.3) is 0 Å². The molecule has 1 aliphatic carbocycles. The normalized spacial score (nSPS) is 12.4. The zero-order valence-electron chi connectivity index (χ0n) is 33.1. The summed E-state index contributed by atoms with van der Waals surface area (Å²) in [4.78, 5) is 4.52. The molecule has 8 rings (SSSR count). The third-order valence-corrected chi connectivity index (χ3v) is 11.1. The van der Waals surface area contributed by atoms with E-state index in [9.17, 15) is 10.5 Å². The molecule has 4 nitrogen and oxygen atoms in total. The molecular weight excluding hydrogens is 693 g/mol. The van der Waals surface area contributed by atoms with E-state index in [1.807, 2.05) is 48.5 Å². The lowest BCUT2D eigenvalue weighted by atomic mass is 9.81. The number of nitriles is 2. The molecule has 0 atom stereocenters. The van der Waals surface area contributed by atoms with Crippen LogP contribution in [0.3, 0.4) is 0 Å². The van der Waals surface area contributed by atoms with E-state index in [1.54, 1.807) is 0 Å². The Labute approximate surface area is 336 Å². The van der Waals surface area contributed by atoms with Crippen molar-refractivity contribution in [3.63, 3.8) is 0 Å². The molecule has 0 saturated heterocycles. The zero-order valence-corrected chi connectivity index (χ0v) is 33.1. The summed E-state index contributed by atoms with van der Waals surface area (Å²) in [6.07, 6.45) is 5.37. The van der Waals surface area contributed by atoms with Crippen LogP contribution in [-0.4, -0.2) is 0 Å². The average Bonchev–Trinajstić information content (AvgIpc) is 3.46. The van der Waals surface area contributed by atoms with Crippen LogP contribution in [0.25, 0.3) is 23.3 Å². The van der Waals surface area contributed by atoms with E-state index in [0.29, 0.717) is 11.1 Å². The molecule has 0 spiro atoms. The number of benzene rings is 7. The van der Waals surface area contributed by atoms with Gasteiger partial charge in [-0.2, -0.15) is 10.5 Å². The molecule has 0 heterocycles. The first kappa shape index (κ1) is 36.8. The van der Waals surface area contributed by atoms with Gasteiger partial charge in [-0.25, -0.2) is 0 Å². The summed E-state index contributed by atoms with van der Waals surface area (Å²) in [5.41, 5.74) is 18.5. The summed E-state index contributed by atoms with van der Waals surface area (Å²) in [5, 5.41) is 18.9. The zero-order chi connectivity index (χ0) is 39.7. The molecule has 0 N–H and O–H groups in total. The lowest BCUT2D eigenvalue weighted by Crippen LogP contribution is -2.17. The maximum Gasteiger partial charge on any atom is 0.0991 e. The number of anilines is 6. The molecule has 276 valence electrons. The van der Waals surface area contributed by atoms with Crippen molar-refractivity contribution >= 4 is 46.3 Å². The van der Waals surface area contributed by atoms with Gasteiger partial charge in [0.15, 0.2) is 0 Å². The van der Waals surface area contributed by atoms with E-state index in [4.69, 9.17) is 0 Å². The Morgan fingerprint density at radius 1 is 0.474 bits per heavy atom. The van der Waals surface area contributed by atoms with Crippen molar-refractivity contribution in [2.75, 3.05) is 9.80 Å². The standard InChI is InChI=1S/C53H44N4/c1-6-38-9-18-43(19-10-38)56(45-22-13-41(34-54)14-23-45)44-20-11-39(12-21-44)7-8-40-17-27-49-50-28-26-47(33-52(50)53(4,5)51(49)32-40)57(46-24-15-42(35-55)16-25-46)48-30-36(2)29-37(3)31-48/h7-33H,6H2,1-5H3/b8-7+. The molecule has 57 heavy (non-hydrogen) atoms. The molecule has 1 aliphatic rings. The number of aryl methyl sites for hydroxylation is 3. The van der Waals surface area contributed by atoms with Crippen LogP contribution in [-0.2, 0) is 11.8 Å². The van der Waals surface area contributed by atoms with Crippen molar-refractivity contribution in [1.29, 1.82) is 10.5 Å². The van der Waals surface area contributed by atoms with Gasteiger partial charge >= 0.3 is 0 Å². The lowest BCUT2D eigenvalue weighted by molar-refractivity contribution is 0.660. The van der Waals surface area contributed by atoms with Crippen LogP contribution in [0.2, 0.25) is 0 Å². The summed E-state index contributed by atoms with van der Waals surface area (Å²) in [7, 11) is 0. The van der Waals surface area contributed by atoms with Crippen molar-refractivity contribution < 1.29 is 0 Å². The van der Waals surface area contributed by atoms with E-state index in [2.05, 4.69) is 172 Å². The second-order valence-electron chi connectivity index (χ2n) is 15.4. The Morgan fingerprint density at radius 3 is 1.42 bits per heavy atom. The molecule has 0 aliphatic heterocycles. The van der Waals surface area contributed by atoms with E-state index in [0.717, 1.165) is 51.7 Å². The van der Waals surface area contributed by atoms with Crippen LogP contribution < -0.4 is 9.80 Å². The number of hydrogen-bond donors (Lipinski definition) is 0. The molecule has 0 fully saturated rings. The average molecular weight is 737 g/mol. The molecule has 4 heteroatoms. The van der Waals surface area contributed by atoms with Crippen molar-refractivity contribution in [2.24, 2.45) is 0 Å². The maximum atomic E-state index is 9.48.